The highest BCUT2D eigenvalue weighted by Crippen LogP contribution is 2.46. The zero-order valence-corrected chi connectivity index (χ0v) is 31.5. The summed E-state index contributed by atoms with van der Waals surface area (Å²) in [6, 6.07) is 48.2. The average Bonchev–Trinajstić information content (AvgIpc) is 3.21. The zero-order valence-electron chi connectivity index (χ0n) is 31.5. The van der Waals surface area contributed by atoms with Crippen LogP contribution in [0.5, 0.6) is 28.7 Å². The Kier molecular flexibility index (Phi) is 10.5. The molecule has 6 aromatic carbocycles. The van der Waals surface area contributed by atoms with Crippen LogP contribution in [-0.2, 0) is 10.8 Å². The lowest BCUT2D eigenvalue weighted by Crippen LogP contribution is -2.34. The van der Waals surface area contributed by atoms with E-state index in [0.717, 1.165) is 46.5 Å². The first-order valence-electron chi connectivity index (χ1n) is 18.6. The van der Waals surface area contributed by atoms with Crippen molar-refractivity contribution in [2.24, 2.45) is 5.92 Å². The molecule has 276 valence electrons. The van der Waals surface area contributed by atoms with Gasteiger partial charge in [-0.2, -0.15) is 0 Å². The number of allylic oxidation sites excluding steroid dienone is 5. The van der Waals surface area contributed by atoms with E-state index in [1.165, 1.54) is 16.7 Å². The fraction of sp³-hybridized carbons (Fsp3) is 0.143. The molecule has 7 rings (SSSR count). The van der Waals surface area contributed by atoms with Crippen molar-refractivity contribution in [2.75, 3.05) is 17.2 Å². The normalized spacial score (nSPS) is 15.3. The molecule has 0 aromatic heterocycles. The largest absolute Gasteiger partial charge is 0.458 e. The lowest BCUT2D eigenvalue weighted by Gasteiger charge is -2.40. The van der Waals surface area contributed by atoms with E-state index in [4.69, 9.17) is 31.4 Å². The molecule has 0 bridgehead atoms. The molecule has 55 heavy (non-hydrogen) atoms. The number of ether oxygens (including phenoxy) is 3. The fourth-order valence-corrected chi connectivity index (χ4v) is 7.27. The van der Waals surface area contributed by atoms with Crippen LogP contribution in [0, 0.1) is 5.92 Å². The smallest absolute Gasteiger partial charge is 0.127 e. The topological polar surface area (TPSA) is 106 Å². The summed E-state index contributed by atoms with van der Waals surface area (Å²) in [5.74, 6) is 4.67. The molecule has 6 heteroatoms. The number of nitrogens with two attached hydrogens (primary N) is 3. The first-order chi connectivity index (χ1) is 26.6. The number of hydrogen-bond donors (Lipinski definition) is 3. The summed E-state index contributed by atoms with van der Waals surface area (Å²) in [4.78, 5) is 0. The SMILES string of the molecule is CC=CC(c1ccc(Oc2ccc(N)cc2)cc1)(c1ccc(C(C)(C)c2ccc(Oc3ccc(N)cc3)cc2)cc1)C1C=CC(Oc2ccc(N)cc2)=CC1. The Morgan fingerprint density at radius 2 is 0.836 bits per heavy atom. The highest BCUT2D eigenvalue weighted by molar-refractivity contribution is 5.53. The van der Waals surface area contributed by atoms with Gasteiger partial charge in [-0.1, -0.05) is 80.6 Å². The molecular weight excluding hydrogens is 679 g/mol. The van der Waals surface area contributed by atoms with Gasteiger partial charge < -0.3 is 31.4 Å². The summed E-state index contributed by atoms with van der Waals surface area (Å²) in [6.07, 6.45) is 11.8. The van der Waals surface area contributed by atoms with E-state index in [9.17, 15) is 0 Å². The molecule has 0 heterocycles. The van der Waals surface area contributed by atoms with Crippen molar-refractivity contribution in [3.63, 3.8) is 0 Å². The third-order valence-corrected chi connectivity index (χ3v) is 10.4. The van der Waals surface area contributed by atoms with E-state index < -0.39 is 5.41 Å². The standard InChI is InChI=1S/C49H47N3O3/c1-4-33-49(37-11-23-43(24-12-37)54-46-29-17-40(51)18-30-46,38-13-25-44(26-14-38)55-47-31-19-41(52)20-32-47)36-7-5-34(6-8-36)48(2,3)35-9-21-42(22-10-35)53-45-27-15-39(50)16-28-45/h4-13,15-33,38H,14,50-52H2,1-3H3. The molecule has 6 nitrogen and oxygen atoms in total. The minimum Gasteiger partial charge on any atom is -0.458 e. The maximum absolute atomic E-state index is 6.22. The molecule has 2 unspecified atom stereocenters. The second-order valence-corrected chi connectivity index (χ2v) is 14.4. The van der Waals surface area contributed by atoms with Gasteiger partial charge in [-0.3, -0.25) is 0 Å². The second-order valence-electron chi connectivity index (χ2n) is 14.4. The van der Waals surface area contributed by atoms with Gasteiger partial charge in [-0.05, 0) is 151 Å². The van der Waals surface area contributed by atoms with Gasteiger partial charge in [0.15, 0.2) is 0 Å². The lowest BCUT2D eigenvalue weighted by atomic mass is 9.63. The Labute approximate surface area is 324 Å². The summed E-state index contributed by atoms with van der Waals surface area (Å²) < 4.78 is 18.5. The van der Waals surface area contributed by atoms with E-state index >= 15 is 0 Å². The van der Waals surface area contributed by atoms with Crippen molar-refractivity contribution < 1.29 is 14.2 Å². The maximum atomic E-state index is 6.22. The minimum absolute atomic E-state index is 0.0961. The minimum atomic E-state index is -0.488. The molecule has 0 fully saturated rings. The van der Waals surface area contributed by atoms with Gasteiger partial charge in [-0.25, -0.2) is 0 Å². The summed E-state index contributed by atoms with van der Waals surface area (Å²) in [5, 5.41) is 0. The Bertz CT molecular complexity index is 2290. The zero-order chi connectivity index (χ0) is 38.4. The Morgan fingerprint density at radius 3 is 1.22 bits per heavy atom. The van der Waals surface area contributed by atoms with Crippen LogP contribution in [-0.4, -0.2) is 0 Å². The van der Waals surface area contributed by atoms with Gasteiger partial charge in [0, 0.05) is 27.9 Å². The third-order valence-electron chi connectivity index (χ3n) is 10.4. The first-order valence-corrected chi connectivity index (χ1v) is 18.6. The van der Waals surface area contributed by atoms with Crippen LogP contribution in [0.3, 0.4) is 0 Å². The number of rotatable bonds is 12. The molecule has 6 aromatic rings. The van der Waals surface area contributed by atoms with Crippen LogP contribution < -0.4 is 31.4 Å². The van der Waals surface area contributed by atoms with Crippen molar-refractivity contribution in [1.82, 2.24) is 0 Å². The van der Waals surface area contributed by atoms with Crippen LogP contribution in [0.1, 0.15) is 49.4 Å². The van der Waals surface area contributed by atoms with Crippen LogP contribution in [0.15, 0.2) is 182 Å². The van der Waals surface area contributed by atoms with Crippen LogP contribution in [0.2, 0.25) is 0 Å². The molecule has 2 atom stereocenters. The average molecular weight is 726 g/mol. The van der Waals surface area contributed by atoms with E-state index in [1.54, 1.807) is 0 Å². The van der Waals surface area contributed by atoms with Gasteiger partial charge in [-0.15, -0.1) is 0 Å². The monoisotopic (exact) mass is 725 g/mol. The molecule has 0 radical (unpaired) electrons. The molecule has 1 aliphatic rings. The predicted octanol–water partition coefficient (Wildman–Crippen LogP) is 11.7. The summed E-state index contributed by atoms with van der Waals surface area (Å²) in [7, 11) is 0. The summed E-state index contributed by atoms with van der Waals surface area (Å²) in [6.45, 7) is 6.60. The molecule has 0 spiro atoms. The van der Waals surface area contributed by atoms with Crippen molar-refractivity contribution in [2.45, 2.75) is 38.0 Å². The molecule has 0 amide bonds. The third kappa shape index (κ3) is 8.14. The Balaban J connectivity index is 1.19. The van der Waals surface area contributed by atoms with Crippen molar-refractivity contribution in [3.8, 4) is 28.7 Å². The number of benzene rings is 6. The van der Waals surface area contributed by atoms with E-state index in [-0.39, 0.29) is 11.3 Å². The van der Waals surface area contributed by atoms with Gasteiger partial charge in [0.2, 0.25) is 0 Å². The molecule has 6 N–H and O–H groups in total. The van der Waals surface area contributed by atoms with Gasteiger partial charge in [0.1, 0.15) is 34.5 Å². The van der Waals surface area contributed by atoms with Crippen molar-refractivity contribution in [1.29, 1.82) is 0 Å². The number of nitrogen functional groups attached to an aromatic ring is 3. The van der Waals surface area contributed by atoms with Crippen molar-refractivity contribution in [3.05, 3.63) is 204 Å². The predicted molar refractivity (Wildman–Crippen MR) is 226 cm³/mol. The van der Waals surface area contributed by atoms with Crippen LogP contribution in [0.25, 0.3) is 0 Å². The first kappa shape index (κ1) is 36.7. The van der Waals surface area contributed by atoms with E-state index in [0.29, 0.717) is 17.1 Å². The molecule has 0 saturated heterocycles. The van der Waals surface area contributed by atoms with Gasteiger partial charge >= 0.3 is 0 Å². The number of anilines is 3. The Morgan fingerprint density at radius 1 is 0.491 bits per heavy atom. The molecule has 0 aliphatic heterocycles. The summed E-state index contributed by atoms with van der Waals surface area (Å²) >= 11 is 0. The molecular formula is C49H47N3O3. The fourth-order valence-electron chi connectivity index (χ4n) is 7.27. The molecule has 1 aliphatic carbocycles. The second kappa shape index (κ2) is 15.7. The quantitative estimate of drug-likeness (QED) is 0.0857. The Hall–Kier alpha value is -6.66. The van der Waals surface area contributed by atoms with Crippen LogP contribution in [0.4, 0.5) is 17.1 Å². The maximum Gasteiger partial charge on any atom is 0.127 e. The van der Waals surface area contributed by atoms with Crippen molar-refractivity contribution >= 4 is 17.1 Å². The highest BCUT2D eigenvalue weighted by Gasteiger charge is 2.39. The highest BCUT2D eigenvalue weighted by atomic mass is 16.5. The number of hydrogen-bond acceptors (Lipinski definition) is 6. The van der Waals surface area contributed by atoms with Crippen LogP contribution >= 0.6 is 0 Å². The summed E-state index contributed by atoms with van der Waals surface area (Å²) in [5.41, 5.74) is 23.8. The van der Waals surface area contributed by atoms with E-state index in [1.807, 2.05) is 97.1 Å². The van der Waals surface area contributed by atoms with Gasteiger partial charge in [0.25, 0.3) is 0 Å². The van der Waals surface area contributed by atoms with Gasteiger partial charge in [0.05, 0.1) is 0 Å². The van der Waals surface area contributed by atoms with E-state index in [2.05, 4.69) is 99.7 Å². The lowest BCUT2D eigenvalue weighted by molar-refractivity contribution is 0.411. The molecule has 0 saturated carbocycles.